The fraction of sp³-hybridized carbons (Fsp3) is 0.375. The summed E-state index contributed by atoms with van der Waals surface area (Å²) in [6.07, 6.45) is 8.06. The van der Waals surface area contributed by atoms with E-state index in [9.17, 15) is 62.6 Å². The molecule has 0 spiro atoms. The summed E-state index contributed by atoms with van der Waals surface area (Å²) in [5, 5.41) is 40.5. The van der Waals surface area contributed by atoms with E-state index in [2.05, 4.69) is 78.8 Å². The number of nitrogens with one attached hydrogen (secondary N) is 4. The first-order valence-corrected chi connectivity index (χ1v) is 48.8. The van der Waals surface area contributed by atoms with Crippen LogP contribution >= 0.6 is 45.3 Å². The Morgan fingerprint density at radius 2 is 0.906 bits per heavy atom. The Balaban J connectivity index is 0.000000192. The van der Waals surface area contributed by atoms with Gasteiger partial charge >= 0.3 is 11.9 Å². The Bertz CT molecular complexity index is 6560. The molecule has 2 atom stereocenters. The van der Waals surface area contributed by atoms with Gasteiger partial charge in [-0.3, -0.25) is 77.7 Å². The molecule has 43 heteroatoms. The maximum absolute atomic E-state index is 13.7. The third-order valence-electron chi connectivity index (χ3n) is 23.9. The predicted molar refractivity (Wildman–Crippen MR) is 509 cm³/mol. The summed E-state index contributed by atoms with van der Waals surface area (Å²) >= 11 is 5.89. The van der Waals surface area contributed by atoms with Gasteiger partial charge in [0.1, 0.15) is 33.5 Å². The number of fused-ring (bicyclic) bond motifs is 6. The zero-order valence-electron chi connectivity index (χ0n) is 75.7. The average Bonchev–Trinajstić information content (AvgIpc) is 1.60. The molecule has 5 N–H and O–H groups in total. The molecular formula is C96H98N18O21S4. The maximum Gasteiger partial charge on any atom is 0.360 e. The number of aromatic nitrogens is 10. The van der Waals surface area contributed by atoms with Crippen LogP contribution in [0.2, 0.25) is 0 Å². The minimum atomic E-state index is -1.08. The summed E-state index contributed by atoms with van der Waals surface area (Å²) in [7, 11) is 1.45. The Morgan fingerprint density at radius 3 is 1.35 bits per heavy atom. The standard InChI is InChI=1S/C49H51N9O11S2.C47H47N9O10S2/c1-65-29-69-48(64)44-40(71-49(53-44)56-19-16-30-7-4-8-32(34(30)27-56)38(59)25-42-51-35-10-2-3-12-39(35)70-42)13-6-18-57-26-31(54-55-57)28-68-24-23-67-22-21-66-20-17-50-36-11-5-9-33-43(36)47(63)58(46(33)62)37-14-15-41(60)52-45(37)61;57-36(24-40-49-33-9-1-2-11-37(33)67-40)30-7-3-6-28-15-18-54(26-32(28)30)47-51-42(46(62)63)38(68-47)12-5-17-55-25-29(52-53-55)27-66-23-22-65-21-20-64-19-16-48-34-10-4-8-31-41(34)45(61)56(44(31)60)35-13-14-39(58)50-43(35)59/h2-5,7-12,26,37,50H,6,13-25,27-29H2,1H3,(H,52,60,61);1-4,6-11,25,35,48H,5,12-24,26-27H2,(H,62,63)(H,50,58,59). The van der Waals surface area contributed by atoms with Crippen LogP contribution in [0.5, 0.6) is 0 Å². The lowest BCUT2D eigenvalue weighted by Gasteiger charge is -2.29. The van der Waals surface area contributed by atoms with Crippen molar-refractivity contribution in [3.8, 4) is 0 Å². The number of imide groups is 4. The van der Waals surface area contributed by atoms with Crippen LogP contribution in [0.15, 0.2) is 134 Å². The number of amides is 8. The molecule has 0 saturated carbocycles. The lowest BCUT2D eigenvalue weighted by Crippen LogP contribution is -2.54. The summed E-state index contributed by atoms with van der Waals surface area (Å²) in [5.74, 6) is -6.07. The van der Waals surface area contributed by atoms with Gasteiger partial charge in [0.2, 0.25) is 23.6 Å². The second kappa shape index (κ2) is 45.8. The number of nitrogens with zero attached hydrogens (tertiary/aromatic N) is 14. The third-order valence-corrected chi connectivity index (χ3v) is 28.3. The largest absolute Gasteiger partial charge is 0.476 e. The van der Waals surface area contributed by atoms with Crippen LogP contribution in [-0.2, 0) is 135 Å². The van der Waals surface area contributed by atoms with Crippen LogP contribution < -0.4 is 31.1 Å². The highest BCUT2D eigenvalue weighted by Crippen LogP contribution is 2.39. The van der Waals surface area contributed by atoms with E-state index in [1.807, 2.05) is 79.0 Å². The molecule has 139 heavy (non-hydrogen) atoms. The number of aryl methyl sites for hydroxylation is 4. The molecule has 12 aromatic rings. The van der Waals surface area contributed by atoms with Crippen molar-refractivity contribution in [3.05, 3.63) is 232 Å². The second-order valence-corrected chi connectivity index (χ2v) is 37.5. The maximum atomic E-state index is 13.7. The quantitative estimate of drug-likeness (QED) is 0.00779. The van der Waals surface area contributed by atoms with E-state index >= 15 is 0 Å². The highest BCUT2D eigenvalue weighted by atomic mass is 32.1. The van der Waals surface area contributed by atoms with Crippen molar-refractivity contribution in [2.45, 2.75) is 129 Å². The number of Topliss-reactive ketones (excluding diaryl/α,β-unsaturated/α-hetero) is 2. The molecule has 2 unspecified atom stereocenters. The Hall–Kier alpha value is -13.6. The molecule has 39 nitrogen and oxygen atoms in total. The number of ketones is 2. The lowest BCUT2D eigenvalue weighted by atomic mass is 9.92. The van der Waals surface area contributed by atoms with Crippen molar-refractivity contribution in [2.24, 2.45) is 0 Å². The van der Waals surface area contributed by atoms with Gasteiger partial charge in [-0.15, -0.1) is 55.5 Å². The highest BCUT2D eigenvalue weighted by Gasteiger charge is 2.48. The number of thiazole rings is 4. The average molecular weight is 1970 g/mol. The zero-order valence-corrected chi connectivity index (χ0v) is 79.0. The van der Waals surface area contributed by atoms with E-state index in [-0.39, 0.29) is 104 Å². The number of methoxy groups -OCH3 is 1. The number of anilines is 4. The number of para-hydroxylation sites is 2. The van der Waals surface area contributed by atoms with E-state index in [1.54, 1.807) is 52.0 Å². The van der Waals surface area contributed by atoms with Crippen LogP contribution in [0, 0.1) is 0 Å². The van der Waals surface area contributed by atoms with Crippen molar-refractivity contribution in [1.29, 1.82) is 0 Å². The molecule has 8 amide bonds. The minimum absolute atomic E-state index is 0.00714. The number of ether oxygens (including phenoxy) is 8. The molecule has 6 aromatic carbocycles. The van der Waals surface area contributed by atoms with E-state index in [1.165, 1.54) is 52.5 Å². The van der Waals surface area contributed by atoms with Crippen LogP contribution in [-0.4, -0.2) is 254 Å². The number of benzene rings is 6. The highest BCUT2D eigenvalue weighted by molar-refractivity contribution is 7.19. The van der Waals surface area contributed by atoms with Gasteiger partial charge in [-0.1, -0.05) is 83.2 Å². The van der Waals surface area contributed by atoms with Crippen molar-refractivity contribution in [1.82, 2.24) is 70.4 Å². The number of hydrogen-bond donors (Lipinski definition) is 5. The van der Waals surface area contributed by atoms with Gasteiger partial charge in [0, 0.05) is 105 Å². The van der Waals surface area contributed by atoms with Crippen molar-refractivity contribution >= 4 is 158 Å². The molecule has 722 valence electrons. The van der Waals surface area contributed by atoms with Gasteiger partial charge in [-0.2, -0.15) is 0 Å². The summed E-state index contributed by atoms with van der Waals surface area (Å²) in [5.41, 5.74) is 10.6. The van der Waals surface area contributed by atoms with Crippen molar-refractivity contribution in [3.63, 3.8) is 0 Å². The first-order valence-electron chi connectivity index (χ1n) is 45.5. The van der Waals surface area contributed by atoms with Crippen LogP contribution in [0.1, 0.15) is 175 Å². The monoisotopic (exact) mass is 1970 g/mol. The molecule has 6 aliphatic rings. The predicted octanol–water partition coefficient (Wildman–Crippen LogP) is 9.52. The zero-order chi connectivity index (χ0) is 96.4. The molecule has 12 heterocycles. The van der Waals surface area contributed by atoms with Gasteiger partial charge in [-0.05, 0) is 122 Å². The fourth-order valence-electron chi connectivity index (χ4n) is 17.2. The number of carbonyl (C=O) groups excluding carboxylic acids is 11. The molecule has 6 aliphatic heterocycles. The first kappa shape index (κ1) is 97.1. The summed E-state index contributed by atoms with van der Waals surface area (Å²) in [6.45, 7) is 7.57. The minimum Gasteiger partial charge on any atom is -0.476 e. The van der Waals surface area contributed by atoms with E-state index in [4.69, 9.17) is 42.9 Å². The molecule has 0 radical (unpaired) electrons. The molecule has 18 rings (SSSR count). The van der Waals surface area contributed by atoms with Gasteiger partial charge in [0.05, 0.1) is 147 Å². The molecule has 0 aliphatic carbocycles. The number of rotatable bonds is 46. The summed E-state index contributed by atoms with van der Waals surface area (Å²) in [4.78, 5) is 180. The molecule has 6 aromatic heterocycles. The lowest BCUT2D eigenvalue weighted by molar-refractivity contribution is -0.137. The number of aromatic carboxylic acids is 1. The number of esters is 1. The molecule has 2 saturated heterocycles. The van der Waals surface area contributed by atoms with Gasteiger partial charge in [0.15, 0.2) is 40.0 Å². The molecule has 0 bridgehead atoms. The Kier molecular flexibility index (Phi) is 32.0. The number of piperidine rings is 2. The van der Waals surface area contributed by atoms with Crippen LogP contribution in [0.3, 0.4) is 0 Å². The van der Waals surface area contributed by atoms with Crippen LogP contribution in [0.25, 0.3) is 20.4 Å². The first-order chi connectivity index (χ1) is 67.7. The van der Waals surface area contributed by atoms with Crippen molar-refractivity contribution < 1.29 is 101 Å². The van der Waals surface area contributed by atoms with Crippen molar-refractivity contribution in [2.75, 3.05) is 127 Å². The summed E-state index contributed by atoms with van der Waals surface area (Å²) < 4.78 is 49.9. The Labute approximate surface area is 811 Å². The number of hydrogen-bond acceptors (Lipinski definition) is 36. The Morgan fingerprint density at radius 1 is 0.475 bits per heavy atom. The SMILES string of the molecule is COCOC(=O)c1nc(N2CCc3cccc(C(=O)Cc4nc5ccccc5s4)c3C2)sc1CCCn1cc(COCCOCCOCCNc2cccc3c2C(=O)N(C2CCC(=O)NC2=O)C3=O)nn1.O=C1CCC(N2C(=O)c3cccc(NCCOCCOCCOCc4cn(CCCc5sc(N6CCc7cccc(C(=O)Cc8nc9ccccc9s8)c7C6)nc5C(=O)O)nn4)c3C2=O)C(=O)N1. The topological polar surface area (TPSA) is 473 Å². The second-order valence-electron chi connectivity index (χ2n) is 33.2. The van der Waals surface area contributed by atoms with Gasteiger partial charge < -0.3 is 63.4 Å². The fourth-order valence-corrected chi connectivity index (χ4v) is 21.3. The number of carboxylic acids is 1. The van der Waals surface area contributed by atoms with E-state index in [0.717, 1.165) is 73.8 Å². The third kappa shape index (κ3) is 23.4. The normalized spacial score (nSPS) is 15.7. The van der Waals surface area contributed by atoms with E-state index < -0.39 is 71.3 Å². The number of carbonyl (C=O) groups is 12. The van der Waals surface area contributed by atoms with Crippen LogP contribution in [0.4, 0.5) is 21.6 Å². The molecular weight excluding hydrogens is 1870 g/mol. The van der Waals surface area contributed by atoms with Gasteiger partial charge in [0.25, 0.3) is 23.6 Å². The molecule has 2 fully saturated rings. The smallest absolute Gasteiger partial charge is 0.360 e. The summed E-state index contributed by atoms with van der Waals surface area (Å²) in [6, 6.07) is 35.2. The number of carboxylic acid groups (broad SMARTS) is 1. The van der Waals surface area contributed by atoms with E-state index in [0.29, 0.717) is 200 Å². The van der Waals surface area contributed by atoms with Gasteiger partial charge in [-0.25, -0.2) is 29.5 Å².